The Labute approximate surface area is 136 Å². The average molecular weight is 330 g/mol. The lowest BCUT2D eigenvalue weighted by Gasteiger charge is -2.59. The Balaban J connectivity index is 1.88. The number of fused-ring (bicyclic) bond motifs is 1. The second kappa shape index (κ2) is 8.29. The molecule has 2 rings (SSSR count). The predicted molar refractivity (Wildman–Crippen MR) is 85.3 cm³/mol. The van der Waals surface area contributed by atoms with E-state index in [1.54, 1.807) is 0 Å². The summed E-state index contributed by atoms with van der Waals surface area (Å²) in [5, 5.41) is 40.0. The van der Waals surface area contributed by atoms with Crippen LogP contribution in [0, 0.1) is 20.5 Å². The minimum atomic E-state index is -0.781. The summed E-state index contributed by atoms with van der Waals surface area (Å²) in [7, 11) is 0. The number of nitrogens with zero attached hydrogens (tertiary/aromatic N) is 4. The summed E-state index contributed by atoms with van der Waals surface area (Å²) < 4.78 is 0. The van der Waals surface area contributed by atoms with E-state index < -0.39 is 24.4 Å². The van der Waals surface area contributed by atoms with E-state index in [-0.39, 0.29) is 11.3 Å². The van der Waals surface area contributed by atoms with Gasteiger partial charge in [0.05, 0.1) is 0 Å². The van der Waals surface area contributed by atoms with Crippen molar-refractivity contribution >= 4 is 0 Å². The highest BCUT2D eigenvalue weighted by Gasteiger charge is 2.41. The van der Waals surface area contributed by atoms with Crippen molar-refractivity contribution in [3.8, 4) is 0 Å². The van der Waals surface area contributed by atoms with Gasteiger partial charge in [0, 0.05) is 42.9 Å². The molecule has 1 saturated carbocycles. The van der Waals surface area contributed by atoms with Crippen LogP contribution in [0.5, 0.6) is 0 Å². The highest BCUT2D eigenvalue weighted by molar-refractivity contribution is 4.97. The van der Waals surface area contributed by atoms with Crippen LogP contribution in [0.25, 0.3) is 0 Å². The van der Waals surface area contributed by atoms with E-state index in [9.17, 15) is 20.5 Å². The fourth-order valence-electron chi connectivity index (χ4n) is 3.35. The molecule has 10 nitrogen and oxygen atoms in total. The number of hydroxylamine groups is 3. The summed E-state index contributed by atoms with van der Waals surface area (Å²) >= 11 is 0. The standard InChI is InChI=1S/C13H26N6O4/c1-3-16(4-2)8-7-14-13-15-18(21)12-9-10(19(22)23)5-6-11(12)17(13)20/h10-15H,3-9H2,1-2H3/q-2. The molecule has 1 aliphatic carbocycles. The van der Waals surface area contributed by atoms with E-state index >= 15 is 0 Å². The van der Waals surface area contributed by atoms with Crippen molar-refractivity contribution in [2.75, 3.05) is 26.2 Å². The number of likely N-dealkylation sites (N-methyl/N-ethyl adjacent to an activating group) is 1. The molecule has 134 valence electrons. The topological polar surface area (TPSA) is 123 Å². The number of hydrazine groups is 1. The van der Waals surface area contributed by atoms with Crippen LogP contribution in [0.1, 0.15) is 33.1 Å². The van der Waals surface area contributed by atoms with Crippen LogP contribution in [0.2, 0.25) is 0 Å². The molecule has 2 aliphatic rings. The molecule has 0 aromatic rings. The first-order valence-electron chi connectivity index (χ1n) is 8.25. The molecule has 2 fully saturated rings. The maximum Gasteiger partial charge on any atom is 0.214 e. The van der Waals surface area contributed by atoms with Gasteiger partial charge in [-0.2, -0.15) is 0 Å². The van der Waals surface area contributed by atoms with Crippen LogP contribution in [0.4, 0.5) is 0 Å². The molecular formula is C13H26N6O4-2. The summed E-state index contributed by atoms with van der Waals surface area (Å²) in [5.41, 5.74) is 2.57. The lowest BCUT2D eigenvalue weighted by atomic mass is 9.86. The molecule has 4 unspecified atom stereocenters. The van der Waals surface area contributed by atoms with Crippen LogP contribution in [-0.2, 0) is 0 Å². The lowest BCUT2D eigenvalue weighted by molar-refractivity contribution is -0.528. The Bertz CT molecular complexity index is 397. The third kappa shape index (κ3) is 4.35. The molecule has 0 bridgehead atoms. The van der Waals surface area contributed by atoms with Gasteiger partial charge in [0.2, 0.25) is 6.04 Å². The molecule has 0 spiro atoms. The molecule has 1 aliphatic heterocycles. The zero-order valence-corrected chi connectivity index (χ0v) is 13.7. The molecule has 0 amide bonds. The van der Waals surface area contributed by atoms with Crippen molar-refractivity contribution in [1.29, 1.82) is 0 Å². The molecule has 1 saturated heterocycles. The summed E-state index contributed by atoms with van der Waals surface area (Å²) in [6, 6.07) is -1.91. The fourth-order valence-corrected chi connectivity index (χ4v) is 3.35. The number of hydrogen-bond acceptors (Lipinski definition) is 9. The van der Waals surface area contributed by atoms with Crippen molar-refractivity contribution in [2.45, 2.75) is 57.5 Å². The second-order valence-electron chi connectivity index (χ2n) is 6.09. The van der Waals surface area contributed by atoms with Crippen LogP contribution in [0.15, 0.2) is 0 Å². The highest BCUT2D eigenvalue weighted by atomic mass is 16.6. The predicted octanol–water partition coefficient (Wildman–Crippen LogP) is -0.114. The zero-order valence-electron chi connectivity index (χ0n) is 13.7. The molecule has 2 N–H and O–H groups in total. The Kier molecular flexibility index (Phi) is 6.65. The molecule has 1 heterocycles. The van der Waals surface area contributed by atoms with E-state index in [2.05, 4.69) is 29.5 Å². The van der Waals surface area contributed by atoms with Crippen LogP contribution >= 0.6 is 0 Å². The van der Waals surface area contributed by atoms with Crippen molar-refractivity contribution < 1.29 is 4.92 Å². The smallest absolute Gasteiger partial charge is 0.214 e. The third-order valence-corrected chi connectivity index (χ3v) is 4.84. The molecule has 10 heteroatoms. The average Bonchev–Trinajstić information content (AvgIpc) is 2.55. The summed E-state index contributed by atoms with van der Waals surface area (Å²) in [6.45, 7) is 7.37. The molecular weight excluding hydrogens is 304 g/mol. The van der Waals surface area contributed by atoms with Crippen LogP contribution in [0.3, 0.4) is 0 Å². The van der Waals surface area contributed by atoms with E-state index in [4.69, 9.17) is 0 Å². The normalized spacial score (nSPS) is 32.9. The van der Waals surface area contributed by atoms with Gasteiger partial charge >= 0.3 is 0 Å². The van der Waals surface area contributed by atoms with Crippen LogP contribution < -0.4 is 10.7 Å². The lowest BCUT2D eigenvalue weighted by Crippen LogP contribution is -2.72. The summed E-state index contributed by atoms with van der Waals surface area (Å²) in [4.78, 5) is 12.8. The van der Waals surface area contributed by atoms with Gasteiger partial charge < -0.3 is 25.5 Å². The van der Waals surface area contributed by atoms with E-state index in [0.717, 1.165) is 24.7 Å². The Hall–Kier alpha value is -0.880. The quantitative estimate of drug-likeness (QED) is 0.486. The second-order valence-corrected chi connectivity index (χ2v) is 6.09. The minimum Gasteiger partial charge on any atom is -0.783 e. The van der Waals surface area contributed by atoms with Gasteiger partial charge in [-0.25, -0.2) is 5.43 Å². The molecule has 0 aromatic carbocycles. The molecule has 0 aromatic heterocycles. The Morgan fingerprint density at radius 1 is 1.26 bits per heavy atom. The van der Waals surface area contributed by atoms with Crippen molar-refractivity contribution in [3.63, 3.8) is 0 Å². The van der Waals surface area contributed by atoms with E-state index in [0.29, 0.717) is 24.6 Å². The number of hydrogen-bond donors (Lipinski definition) is 2. The van der Waals surface area contributed by atoms with Crippen LogP contribution in [-0.4, -0.2) is 70.7 Å². The van der Waals surface area contributed by atoms with Crippen molar-refractivity contribution in [1.82, 2.24) is 25.9 Å². The zero-order chi connectivity index (χ0) is 17.0. The molecule has 0 radical (unpaired) electrons. The van der Waals surface area contributed by atoms with Gasteiger partial charge in [0.25, 0.3) is 0 Å². The van der Waals surface area contributed by atoms with Gasteiger partial charge in [0.15, 0.2) is 0 Å². The van der Waals surface area contributed by atoms with Crippen molar-refractivity contribution in [3.05, 3.63) is 20.5 Å². The Morgan fingerprint density at radius 3 is 2.57 bits per heavy atom. The highest BCUT2D eigenvalue weighted by Crippen LogP contribution is 2.30. The van der Waals surface area contributed by atoms with Gasteiger partial charge in [-0.05, 0) is 19.5 Å². The number of nitro groups is 1. The maximum absolute atomic E-state index is 12.4. The monoisotopic (exact) mass is 330 g/mol. The number of rotatable bonds is 7. The Morgan fingerprint density at radius 2 is 1.96 bits per heavy atom. The first-order valence-corrected chi connectivity index (χ1v) is 8.25. The first kappa shape index (κ1) is 18.5. The third-order valence-electron chi connectivity index (χ3n) is 4.84. The largest absolute Gasteiger partial charge is 0.783 e. The fraction of sp³-hybridized carbons (Fsp3) is 1.00. The first-order chi connectivity index (χ1) is 11.0. The number of nitrogens with one attached hydrogen (secondary N) is 2. The van der Waals surface area contributed by atoms with Gasteiger partial charge in [-0.15, -0.1) is 0 Å². The molecule has 23 heavy (non-hydrogen) atoms. The van der Waals surface area contributed by atoms with Gasteiger partial charge in [-0.1, -0.05) is 13.8 Å². The van der Waals surface area contributed by atoms with Crippen molar-refractivity contribution in [2.24, 2.45) is 0 Å². The summed E-state index contributed by atoms with van der Waals surface area (Å²) in [5.74, 6) is 0. The maximum atomic E-state index is 12.4. The van der Waals surface area contributed by atoms with E-state index in [1.165, 1.54) is 0 Å². The summed E-state index contributed by atoms with van der Waals surface area (Å²) in [6.07, 6.45) is 0.0388. The van der Waals surface area contributed by atoms with E-state index in [1.807, 2.05) is 0 Å². The minimum absolute atomic E-state index is 0.110. The molecule has 4 atom stereocenters. The van der Waals surface area contributed by atoms with Gasteiger partial charge in [0.1, 0.15) is 6.29 Å². The SMILES string of the molecule is CCN(CC)CCNC1NN([O-])C2CC([N+](=O)[O-])CCC2N1[O-]. The van der Waals surface area contributed by atoms with Gasteiger partial charge in [-0.3, -0.25) is 15.4 Å².